The molecule has 0 bridgehead atoms. The second-order valence-electron chi connectivity index (χ2n) is 7.79. The SMILES string of the molecule is CC(C)N(CCO)C(=O)Nc1ccc(N2CCN(c3ccc(CO)cc3)CC2)cc1. The normalized spacial score (nSPS) is 14.2. The number of hydrogen-bond donors (Lipinski definition) is 3. The maximum Gasteiger partial charge on any atom is 0.322 e. The van der Waals surface area contributed by atoms with Gasteiger partial charge in [0.15, 0.2) is 0 Å². The van der Waals surface area contributed by atoms with Crippen LogP contribution in [0.2, 0.25) is 0 Å². The van der Waals surface area contributed by atoms with Crippen molar-refractivity contribution in [2.45, 2.75) is 26.5 Å². The fourth-order valence-electron chi connectivity index (χ4n) is 3.69. The first-order valence-electron chi connectivity index (χ1n) is 10.5. The van der Waals surface area contributed by atoms with Crippen molar-refractivity contribution in [1.82, 2.24) is 4.90 Å². The number of aliphatic hydroxyl groups is 2. The molecule has 30 heavy (non-hydrogen) atoms. The molecule has 1 aliphatic rings. The van der Waals surface area contributed by atoms with Crippen LogP contribution in [0.1, 0.15) is 19.4 Å². The number of benzene rings is 2. The molecular formula is C23H32N4O3. The van der Waals surface area contributed by atoms with Crippen molar-refractivity contribution >= 4 is 23.1 Å². The summed E-state index contributed by atoms with van der Waals surface area (Å²) < 4.78 is 0. The zero-order valence-electron chi connectivity index (χ0n) is 17.8. The number of urea groups is 1. The molecule has 0 unspecified atom stereocenters. The molecule has 0 aromatic heterocycles. The third kappa shape index (κ3) is 5.43. The van der Waals surface area contributed by atoms with Gasteiger partial charge in [-0.15, -0.1) is 0 Å². The number of aliphatic hydroxyl groups excluding tert-OH is 2. The number of carbonyl (C=O) groups excluding carboxylic acids is 1. The van der Waals surface area contributed by atoms with E-state index in [1.165, 1.54) is 5.69 Å². The van der Waals surface area contributed by atoms with Crippen LogP contribution >= 0.6 is 0 Å². The first kappa shape index (κ1) is 21.9. The summed E-state index contributed by atoms with van der Waals surface area (Å²) >= 11 is 0. The van der Waals surface area contributed by atoms with Crippen molar-refractivity contribution in [3.05, 3.63) is 54.1 Å². The number of rotatable bonds is 7. The largest absolute Gasteiger partial charge is 0.395 e. The predicted octanol–water partition coefficient (Wildman–Crippen LogP) is 2.74. The Morgan fingerprint density at radius 1 is 0.933 bits per heavy atom. The van der Waals surface area contributed by atoms with Gasteiger partial charge >= 0.3 is 6.03 Å². The average Bonchev–Trinajstić information content (AvgIpc) is 2.78. The summed E-state index contributed by atoms with van der Waals surface area (Å²) in [5.41, 5.74) is 3.99. The summed E-state index contributed by atoms with van der Waals surface area (Å²) in [6.45, 7) is 7.90. The Bertz CT molecular complexity index is 800. The summed E-state index contributed by atoms with van der Waals surface area (Å²) in [7, 11) is 0. The number of piperazine rings is 1. The highest BCUT2D eigenvalue weighted by Gasteiger charge is 2.19. The number of anilines is 3. The minimum absolute atomic E-state index is 0.0209. The van der Waals surface area contributed by atoms with E-state index in [-0.39, 0.29) is 25.3 Å². The van der Waals surface area contributed by atoms with E-state index in [1.54, 1.807) is 4.90 Å². The molecule has 3 rings (SSSR count). The summed E-state index contributed by atoms with van der Waals surface area (Å²) in [5, 5.41) is 21.2. The van der Waals surface area contributed by atoms with Crippen LogP contribution < -0.4 is 15.1 Å². The molecule has 0 atom stereocenters. The van der Waals surface area contributed by atoms with Crippen LogP contribution in [0.5, 0.6) is 0 Å². The number of carbonyl (C=O) groups is 1. The van der Waals surface area contributed by atoms with Crippen molar-refractivity contribution in [1.29, 1.82) is 0 Å². The van der Waals surface area contributed by atoms with E-state index in [1.807, 2.05) is 50.2 Å². The zero-order chi connectivity index (χ0) is 21.5. The maximum absolute atomic E-state index is 12.4. The first-order valence-corrected chi connectivity index (χ1v) is 10.5. The van der Waals surface area contributed by atoms with E-state index in [4.69, 9.17) is 5.11 Å². The highest BCUT2D eigenvalue weighted by Crippen LogP contribution is 2.23. The lowest BCUT2D eigenvalue weighted by Gasteiger charge is -2.37. The quantitative estimate of drug-likeness (QED) is 0.652. The van der Waals surface area contributed by atoms with Crippen molar-refractivity contribution in [2.24, 2.45) is 0 Å². The van der Waals surface area contributed by atoms with Gasteiger partial charge in [0.2, 0.25) is 0 Å². The highest BCUT2D eigenvalue weighted by molar-refractivity contribution is 5.89. The fourth-order valence-corrected chi connectivity index (χ4v) is 3.69. The van der Waals surface area contributed by atoms with E-state index >= 15 is 0 Å². The van der Waals surface area contributed by atoms with E-state index < -0.39 is 0 Å². The Kier molecular flexibility index (Phi) is 7.54. The average molecular weight is 413 g/mol. The summed E-state index contributed by atoms with van der Waals surface area (Å²) in [6, 6.07) is 15.8. The molecule has 7 heteroatoms. The maximum atomic E-state index is 12.4. The van der Waals surface area contributed by atoms with E-state index in [0.29, 0.717) is 6.54 Å². The Morgan fingerprint density at radius 2 is 1.43 bits per heavy atom. The van der Waals surface area contributed by atoms with Gasteiger partial charge in [0.25, 0.3) is 0 Å². The van der Waals surface area contributed by atoms with Crippen molar-refractivity contribution < 1.29 is 15.0 Å². The third-order valence-electron chi connectivity index (χ3n) is 5.47. The molecule has 2 aromatic carbocycles. The smallest absolute Gasteiger partial charge is 0.322 e. The zero-order valence-corrected chi connectivity index (χ0v) is 17.8. The van der Waals surface area contributed by atoms with Gasteiger partial charge in [0, 0.05) is 55.8 Å². The molecule has 2 aromatic rings. The fraction of sp³-hybridized carbons (Fsp3) is 0.435. The molecule has 2 amide bonds. The van der Waals surface area contributed by atoms with Crippen molar-refractivity contribution in [3.63, 3.8) is 0 Å². The molecule has 0 saturated carbocycles. The number of hydrogen-bond acceptors (Lipinski definition) is 5. The molecule has 0 radical (unpaired) electrons. The van der Waals surface area contributed by atoms with E-state index in [0.717, 1.165) is 43.1 Å². The lowest BCUT2D eigenvalue weighted by molar-refractivity contribution is 0.172. The van der Waals surface area contributed by atoms with Gasteiger partial charge in [-0.25, -0.2) is 4.79 Å². The van der Waals surface area contributed by atoms with E-state index in [2.05, 4.69) is 27.2 Å². The molecule has 3 N–H and O–H groups in total. The van der Waals surface area contributed by atoms with Crippen LogP contribution in [-0.2, 0) is 6.61 Å². The lowest BCUT2D eigenvalue weighted by atomic mass is 10.1. The topological polar surface area (TPSA) is 79.3 Å². The monoisotopic (exact) mass is 412 g/mol. The van der Waals surface area contributed by atoms with Crippen LogP contribution in [0.15, 0.2) is 48.5 Å². The number of nitrogens with one attached hydrogen (secondary N) is 1. The Morgan fingerprint density at radius 3 is 1.87 bits per heavy atom. The van der Waals surface area contributed by atoms with Gasteiger partial charge in [-0.3, -0.25) is 0 Å². The third-order valence-corrected chi connectivity index (χ3v) is 5.47. The van der Waals surface area contributed by atoms with Gasteiger partial charge in [0.05, 0.1) is 13.2 Å². The van der Waals surface area contributed by atoms with Crippen LogP contribution in [0, 0.1) is 0 Å². The van der Waals surface area contributed by atoms with Gasteiger partial charge in [-0.05, 0) is 55.8 Å². The molecule has 7 nitrogen and oxygen atoms in total. The van der Waals surface area contributed by atoms with E-state index in [9.17, 15) is 9.90 Å². The van der Waals surface area contributed by atoms with Gasteiger partial charge in [0.1, 0.15) is 0 Å². The summed E-state index contributed by atoms with van der Waals surface area (Å²) in [6.07, 6.45) is 0. The molecule has 1 heterocycles. The van der Waals surface area contributed by atoms with Gasteiger partial charge < -0.3 is 30.2 Å². The Hall–Kier alpha value is -2.77. The number of amides is 2. The van der Waals surface area contributed by atoms with Crippen LogP contribution in [0.25, 0.3) is 0 Å². The standard InChI is InChI=1S/C23H32N4O3/c1-18(2)27(15-16-28)23(30)24-20-5-9-22(10-6-20)26-13-11-25(12-14-26)21-7-3-19(17-29)4-8-21/h3-10,18,28-29H,11-17H2,1-2H3,(H,24,30). The molecule has 0 aliphatic carbocycles. The summed E-state index contributed by atoms with van der Waals surface area (Å²) in [4.78, 5) is 18.7. The molecule has 162 valence electrons. The molecule has 0 spiro atoms. The predicted molar refractivity (Wildman–Crippen MR) is 121 cm³/mol. The van der Waals surface area contributed by atoms with Crippen LogP contribution in [-0.4, -0.2) is 66.5 Å². The molecule has 1 aliphatic heterocycles. The van der Waals surface area contributed by atoms with Gasteiger partial charge in [-0.1, -0.05) is 12.1 Å². The lowest BCUT2D eigenvalue weighted by Crippen LogP contribution is -2.46. The van der Waals surface area contributed by atoms with Crippen molar-refractivity contribution in [2.75, 3.05) is 54.4 Å². The Balaban J connectivity index is 1.54. The van der Waals surface area contributed by atoms with Crippen molar-refractivity contribution in [3.8, 4) is 0 Å². The van der Waals surface area contributed by atoms with Crippen LogP contribution in [0.4, 0.5) is 21.9 Å². The highest BCUT2D eigenvalue weighted by atomic mass is 16.3. The second-order valence-corrected chi connectivity index (χ2v) is 7.79. The first-order chi connectivity index (χ1) is 14.5. The molecular weight excluding hydrogens is 380 g/mol. The minimum atomic E-state index is -0.201. The molecule has 1 fully saturated rings. The molecule has 1 saturated heterocycles. The minimum Gasteiger partial charge on any atom is -0.395 e. The number of nitrogens with zero attached hydrogens (tertiary/aromatic N) is 3. The summed E-state index contributed by atoms with van der Waals surface area (Å²) in [5.74, 6) is 0. The van der Waals surface area contributed by atoms with Crippen LogP contribution in [0.3, 0.4) is 0 Å². The Labute approximate surface area is 178 Å². The second kappa shape index (κ2) is 10.3. The van der Waals surface area contributed by atoms with Gasteiger partial charge in [-0.2, -0.15) is 0 Å².